The van der Waals surface area contributed by atoms with Crippen LogP contribution in [0, 0.1) is 0 Å². The van der Waals surface area contributed by atoms with Gasteiger partial charge in [-0.05, 0) is 19.8 Å². The molecule has 1 aromatic rings. The van der Waals surface area contributed by atoms with Crippen LogP contribution in [0.4, 0.5) is 0 Å². The van der Waals surface area contributed by atoms with Crippen LogP contribution in [-0.2, 0) is 22.5 Å². The number of esters is 1. The molecule has 7 nitrogen and oxygen atoms in total. The first-order chi connectivity index (χ1) is 9.63. The monoisotopic (exact) mass is 282 g/mol. The molecule has 0 fully saturated rings. The highest BCUT2D eigenvalue weighted by molar-refractivity contribution is 5.88. The summed E-state index contributed by atoms with van der Waals surface area (Å²) in [7, 11) is 1.61. The second-order valence-corrected chi connectivity index (χ2v) is 4.36. The van der Waals surface area contributed by atoms with Crippen molar-refractivity contribution in [1.29, 1.82) is 0 Å². The number of aromatic nitrogens is 3. The average molecular weight is 282 g/mol. The molecule has 1 rings (SSSR count). The zero-order chi connectivity index (χ0) is 15.0. The van der Waals surface area contributed by atoms with E-state index in [0.717, 1.165) is 12.1 Å². The number of carbonyl (C=O) groups excluding carboxylic acids is 2. The Bertz CT molecular complexity index is 456. The molecule has 1 aromatic heterocycles. The molecule has 1 N–H and O–H groups in total. The predicted molar refractivity (Wildman–Crippen MR) is 73.3 cm³/mol. The van der Waals surface area contributed by atoms with Crippen molar-refractivity contribution in [3.63, 3.8) is 0 Å². The van der Waals surface area contributed by atoms with E-state index in [1.165, 1.54) is 0 Å². The first-order valence-corrected chi connectivity index (χ1v) is 6.94. The number of hydrogen-bond acceptors (Lipinski definition) is 5. The summed E-state index contributed by atoms with van der Waals surface area (Å²) in [6.07, 6.45) is 2.68. The molecular formula is C13H22N4O3. The van der Waals surface area contributed by atoms with E-state index in [4.69, 9.17) is 4.74 Å². The minimum absolute atomic E-state index is 0.00669. The van der Waals surface area contributed by atoms with E-state index in [1.54, 1.807) is 18.7 Å². The number of nitrogens with zero attached hydrogens (tertiary/aromatic N) is 3. The maximum Gasteiger partial charge on any atom is 0.360 e. The number of nitrogens with one attached hydrogen (secondary N) is 1. The van der Waals surface area contributed by atoms with Crippen LogP contribution >= 0.6 is 0 Å². The van der Waals surface area contributed by atoms with Crippen LogP contribution in [0.1, 0.15) is 49.3 Å². The van der Waals surface area contributed by atoms with Crippen LogP contribution < -0.4 is 5.32 Å². The normalized spacial score (nSPS) is 10.3. The van der Waals surface area contributed by atoms with Crippen LogP contribution in [0.3, 0.4) is 0 Å². The number of ether oxygens (including phenoxy) is 1. The van der Waals surface area contributed by atoms with Crippen LogP contribution in [0.5, 0.6) is 0 Å². The minimum atomic E-state index is -0.437. The minimum Gasteiger partial charge on any atom is -0.461 e. The van der Waals surface area contributed by atoms with Gasteiger partial charge in [-0.1, -0.05) is 18.6 Å². The summed E-state index contributed by atoms with van der Waals surface area (Å²) in [5.41, 5.74) is 1.07. The fourth-order valence-corrected chi connectivity index (χ4v) is 1.87. The summed E-state index contributed by atoms with van der Waals surface area (Å²) in [6, 6.07) is 0. The van der Waals surface area contributed by atoms with Gasteiger partial charge in [0.1, 0.15) is 0 Å². The molecule has 0 unspecified atom stereocenters. The third-order valence-electron chi connectivity index (χ3n) is 2.85. The van der Waals surface area contributed by atoms with E-state index in [0.29, 0.717) is 32.4 Å². The Kier molecular flexibility index (Phi) is 6.69. The lowest BCUT2D eigenvalue weighted by molar-refractivity contribution is -0.120. The van der Waals surface area contributed by atoms with Gasteiger partial charge in [0.15, 0.2) is 5.69 Å². The Morgan fingerprint density at radius 1 is 1.35 bits per heavy atom. The van der Waals surface area contributed by atoms with Crippen molar-refractivity contribution in [2.45, 2.75) is 46.1 Å². The number of amides is 1. The highest BCUT2D eigenvalue weighted by Crippen LogP contribution is 2.11. The number of rotatable bonds is 8. The molecule has 0 radical (unpaired) electrons. The van der Waals surface area contributed by atoms with Gasteiger partial charge in [-0.15, -0.1) is 5.10 Å². The fraction of sp³-hybridized carbons (Fsp3) is 0.692. The molecule has 1 amide bonds. The molecule has 20 heavy (non-hydrogen) atoms. The zero-order valence-electron chi connectivity index (χ0n) is 12.3. The molecule has 0 bridgehead atoms. The van der Waals surface area contributed by atoms with Gasteiger partial charge in [-0.25, -0.2) is 9.48 Å². The first-order valence-electron chi connectivity index (χ1n) is 6.94. The van der Waals surface area contributed by atoms with Gasteiger partial charge in [-0.2, -0.15) is 0 Å². The van der Waals surface area contributed by atoms with E-state index in [2.05, 4.69) is 15.6 Å². The van der Waals surface area contributed by atoms with Crippen LogP contribution in [0.15, 0.2) is 0 Å². The molecule has 7 heteroatoms. The molecule has 0 aliphatic rings. The standard InChI is InChI=1S/C13H22N4O3/c1-4-7-10-12(13(19)20-5-2)15-16-17(10)9-6-8-11(18)14-3/h4-9H2,1-3H3,(H,14,18). The average Bonchev–Trinajstić information content (AvgIpc) is 2.82. The summed E-state index contributed by atoms with van der Waals surface area (Å²) in [4.78, 5) is 23.0. The van der Waals surface area contributed by atoms with Crippen molar-refractivity contribution in [2.24, 2.45) is 0 Å². The topological polar surface area (TPSA) is 86.1 Å². The number of aryl methyl sites for hydroxylation is 1. The highest BCUT2D eigenvalue weighted by Gasteiger charge is 2.19. The molecule has 0 atom stereocenters. The van der Waals surface area contributed by atoms with Gasteiger partial charge < -0.3 is 10.1 Å². The summed E-state index contributed by atoms with van der Waals surface area (Å²) in [6.45, 7) is 4.66. The van der Waals surface area contributed by atoms with Gasteiger partial charge in [-0.3, -0.25) is 4.79 Å². The second-order valence-electron chi connectivity index (χ2n) is 4.36. The molecule has 0 aromatic carbocycles. The summed E-state index contributed by atoms with van der Waals surface area (Å²) >= 11 is 0. The molecule has 112 valence electrons. The van der Waals surface area contributed by atoms with Gasteiger partial charge >= 0.3 is 5.97 Å². The Balaban J connectivity index is 2.75. The number of carbonyl (C=O) groups is 2. The number of hydrogen-bond donors (Lipinski definition) is 1. The van der Waals surface area contributed by atoms with Crippen molar-refractivity contribution >= 4 is 11.9 Å². The van der Waals surface area contributed by atoms with Gasteiger partial charge in [0.25, 0.3) is 0 Å². The molecular weight excluding hydrogens is 260 g/mol. The molecule has 0 saturated carbocycles. The Morgan fingerprint density at radius 3 is 2.70 bits per heavy atom. The summed E-state index contributed by atoms with van der Waals surface area (Å²) in [5, 5.41) is 10.5. The Morgan fingerprint density at radius 2 is 2.10 bits per heavy atom. The summed E-state index contributed by atoms with van der Waals surface area (Å²) in [5.74, 6) is -0.443. The van der Waals surface area contributed by atoms with E-state index in [-0.39, 0.29) is 11.6 Å². The Labute approximate surface area is 118 Å². The van der Waals surface area contributed by atoms with Crippen molar-refractivity contribution < 1.29 is 14.3 Å². The van der Waals surface area contributed by atoms with E-state index in [9.17, 15) is 9.59 Å². The third-order valence-corrected chi connectivity index (χ3v) is 2.85. The van der Waals surface area contributed by atoms with Crippen LogP contribution in [0.2, 0.25) is 0 Å². The largest absolute Gasteiger partial charge is 0.461 e. The zero-order valence-corrected chi connectivity index (χ0v) is 12.3. The van der Waals surface area contributed by atoms with Gasteiger partial charge in [0, 0.05) is 20.0 Å². The van der Waals surface area contributed by atoms with Crippen molar-refractivity contribution in [3.05, 3.63) is 11.4 Å². The second kappa shape index (κ2) is 8.29. The molecule has 0 saturated heterocycles. The van der Waals surface area contributed by atoms with Gasteiger partial charge in [0.2, 0.25) is 5.91 Å². The third kappa shape index (κ3) is 4.32. The highest BCUT2D eigenvalue weighted by atomic mass is 16.5. The van der Waals surface area contributed by atoms with E-state index in [1.807, 2.05) is 6.92 Å². The van der Waals surface area contributed by atoms with Crippen LogP contribution in [0.25, 0.3) is 0 Å². The molecule has 0 aliphatic heterocycles. The van der Waals surface area contributed by atoms with E-state index >= 15 is 0 Å². The smallest absolute Gasteiger partial charge is 0.360 e. The fourth-order valence-electron chi connectivity index (χ4n) is 1.87. The molecule has 1 heterocycles. The lowest BCUT2D eigenvalue weighted by Crippen LogP contribution is -2.18. The molecule has 0 spiro atoms. The Hall–Kier alpha value is -1.92. The SMILES string of the molecule is CCCc1c(C(=O)OCC)nnn1CCCC(=O)NC. The first kappa shape index (κ1) is 16.1. The predicted octanol–water partition coefficient (Wildman–Crippen LogP) is 0.933. The van der Waals surface area contributed by atoms with Crippen LogP contribution in [-0.4, -0.2) is 40.5 Å². The maximum atomic E-state index is 11.8. The lowest BCUT2D eigenvalue weighted by Gasteiger charge is -2.06. The quantitative estimate of drug-likeness (QED) is 0.717. The summed E-state index contributed by atoms with van der Waals surface area (Å²) < 4.78 is 6.66. The van der Waals surface area contributed by atoms with Crippen molar-refractivity contribution in [1.82, 2.24) is 20.3 Å². The molecule has 0 aliphatic carbocycles. The maximum absolute atomic E-state index is 11.8. The van der Waals surface area contributed by atoms with Gasteiger partial charge in [0.05, 0.1) is 12.3 Å². The van der Waals surface area contributed by atoms with Crippen molar-refractivity contribution in [3.8, 4) is 0 Å². The van der Waals surface area contributed by atoms with Crippen molar-refractivity contribution in [2.75, 3.05) is 13.7 Å². The van der Waals surface area contributed by atoms with E-state index < -0.39 is 5.97 Å². The lowest BCUT2D eigenvalue weighted by atomic mass is 10.2.